The minimum Gasteiger partial charge on any atom is -0.324 e. The van der Waals surface area contributed by atoms with E-state index < -0.39 is 10.0 Å². The normalized spacial score (nSPS) is 14.2. The van der Waals surface area contributed by atoms with Gasteiger partial charge in [0.1, 0.15) is 0 Å². The van der Waals surface area contributed by atoms with Crippen molar-refractivity contribution in [3.05, 3.63) is 29.8 Å². The molecule has 0 unspecified atom stereocenters. The van der Waals surface area contributed by atoms with Crippen molar-refractivity contribution in [1.29, 1.82) is 0 Å². The summed E-state index contributed by atoms with van der Waals surface area (Å²) in [5.41, 5.74) is 6.60. The summed E-state index contributed by atoms with van der Waals surface area (Å²) in [5.74, 6) is 0. The van der Waals surface area contributed by atoms with Gasteiger partial charge in [-0.2, -0.15) is 0 Å². The summed E-state index contributed by atoms with van der Waals surface area (Å²) in [6.45, 7) is 1.86. The quantitative estimate of drug-likeness (QED) is 0.838. The zero-order valence-electron chi connectivity index (χ0n) is 9.14. The zero-order valence-corrected chi connectivity index (χ0v) is 9.95. The Kier molecular flexibility index (Phi) is 3.49. The van der Waals surface area contributed by atoms with E-state index in [2.05, 4.69) is 0 Å². The maximum absolute atomic E-state index is 11.7. The summed E-state index contributed by atoms with van der Waals surface area (Å²) in [6.07, 6.45) is 0. The van der Waals surface area contributed by atoms with E-state index in [1.165, 1.54) is 18.4 Å². The Morgan fingerprint density at radius 1 is 1.20 bits per heavy atom. The molecule has 84 valence electrons. The summed E-state index contributed by atoms with van der Waals surface area (Å²) in [4.78, 5) is 0.289. The highest BCUT2D eigenvalue weighted by molar-refractivity contribution is 7.89. The molecule has 1 aromatic rings. The summed E-state index contributed by atoms with van der Waals surface area (Å²) in [6, 6.07) is 6.55. The van der Waals surface area contributed by atoms with Crippen molar-refractivity contribution in [3.63, 3.8) is 0 Å². The summed E-state index contributed by atoms with van der Waals surface area (Å²) in [5, 5.41) is 0. The van der Waals surface area contributed by atoms with E-state index >= 15 is 0 Å². The number of nitrogens with two attached hydrogens (primary N) is 1. The van der Waals surface area contributed by atoms with E-state index in [4.69, 9.17) is 5.73 Å². The molecule has 0 heterocycles. The molecule has 0 amide bonds. The van der Waals surface area contributed by atoms with Crippen LogP contribution in [0.3, 0.4) is 0 Å². The minimum absolute atomic E-state index is 0.0823. The molecule has 0 saturated heterocycles. The predicted molar refractivity (Wildman–Crippen MR) is 59.9 cm³/mol. The number of sulfonamides is 1. The standard InChI is InChI=1S/C10H16N2O2S/c1-8(11)9-4-6-10(7-5-9)15(13,14)12(2)3/h4-8H,11H2,1-3H3/t8-/m1/s1. The molecular formula is C10H16N2O2S. The first-order chi connectivity index (χ1) is 6.85. The number of hydrogen-bond donors (Lipinski definition) is 1. The van der Waals surface area contributed by atoms with Crippen LogP contribution in [0.1, 0.15) is 18.5 Å². The first-order valence-electron chi connectivity index (χ1n) is 4.64. The van der Waals surface area contributed by atoms with Crippen molar-refractivity contribution >= 4 is 10.0 Å². The molecule has 0 fully saturated rings. The van der Waals surface area contributed by atoms with Crippen LogP contribution in [0.25, 0.3) is 0 Å². The number of rotatable bonds is 3. The van der Waals surface area contributed by atoms with Gasteiger partial charge in [0.25, 0.3) is 0 Å². The van der Waals surface area contributed by atoms with E-state index in [-0.39, 0.29) is 10.9 Å². The van der Waals surface area contributed by atoms with Gasteiger partial charge < -0.3 is 5.73 Å². The lowest BCUT2D eigenvalue weighted by Gasteiger charge is -2.12. The van der Waals surface area contributed by atoms with Crippen LogP contribution in [0.4, 0.5) is 0 Å². The Hall–Kier alpha value is -0.910. The molecular weight excluding hydrogens is 212 g/mol. The zero-order chi connectivity index (χ0) is 11.6. The predicted octanol–water partition coefficient (Wildman–Crippen LogP) is 0.957. The maximum atomic E-state index is 11.7. The van der Waals surface area contributed by atoms with Gasteiger partial charge in [0.05, 0.1) is 4.90 Å². The number of benzene rings is 1. The Labute approximate surface area is 90.8 Å². The molecule has 15 heavy (non-hydrogen) atoms. The second kappa shape index (κ2) is 4.30. The molecule has 4 nitrogen and oxygen atoms in total. The lowest BCUT2D eigenvalue weighted by molar-refractivity contribution is 0.520. The van der Waals surface area contributed by atoms with Crippen molar-refractivity contribution < 1.29 is 8.42 Å². The van der Waals surface area contributed by atoms with Gasteiger partial charge in [0.15, 0.2) is 0 Å². The molecule has 1 rings (SSSR count). The molecule has 2 N–H and O–H groups in total. The topological polar surface area (TPSA) is 63.4 Å². The average Bonchev–Trinajstić information content (AvgIpc) is 2.17. The van der Waals surface area contributed by atoms with Crippen molar-refractivity contribution in [2.75, 3.05) is 14.1 Å². The number of hydrogen-bond acceptors (Lipinski definition) is 3. The van der Waals surface area contributed by atoms with Crippen molar-refractivity contribution in [3.8, 4) is 0 Å². The average molecular weight is 228 g/mol. The molecule has 5 heteroatoms. The molecule has 0 aromatic heterocycles. The van der Waals surface area contributed by atoms with Crippen LogP contribution >= 0.6 is 0 Å². The molecule has 0 bridgehead atoms. The largest absolute Gasteiger partial charge is 0.324 e. The van der Waals surface area contributed by atoms with E-state index in [9.17, 15) is 8.42 Å². The Bertz CT molecular complexity index is 421. The Morgan fingerprint density at radius 3 is 2.00 bits per heavy atom. The second-order valence-corrected chi connectivity index (χ2v) is 5.80. The fourth-order valence-corrected chi connectivity index (χ4v) is 2.06. The molecule has 0 radical (unpaired) electrons. The summed E-state index contributed by atoms with van der Waals surface area (Å²) >= 11 is 0. The maximum Gasteiger partial charge on any atom is 0.242 e. The van der Waals surface area contributed by atoms with Crippen molar-refractivity contribution in [1.82, 2.24) is 4.31 Å². The molecule has 1 aromatic carbocycles. The van der Waals surface area contributed by atoms with E-state index in [0.717, 1.165) is 5.56 Å². The third-order valence-electron chi connectivity index (χ3n) is 2.18. The smallest absolute Gasteiger partial charge is 0.242 e. The minimum atomic E-state index is -3.33. The van der Waals surface area contributed by atoms with E-state index in [1.807, 2.05) is 6.92 Å². The summed E-state index contributed by atoms with van der Waals surface area (Å²) < 4.78 is 24.6. The lowest BCUT2D eigenvalue weighted by Crippen LogP contribution is -2.22. The molecule has 0 aliphatic rings. The molecule has 0 saturated carbocycles. The third kappa shape index (κ3) is 2.56. The number of nitrogens with zero attached hydrogens (tertiary/aromatic N) is 1. The second-order valence-electron chi connectivity index (χ2n) is 3.65. The van der Waals surface area contributed by atoms with Gasteiger partial charge in [0.2, 0.25) is 10.0 Å². The highest BCUT2D eigenvalue weighted by Crippen LogP contribution is 2.16. The van der Waals surface area contributed by atoms with Crippen LogP contribution in [-0.2, 0) is 10.0 Å². The van der Waals surface area contributed by atoms with Gasteiger partial charge in [-0.1, -0.05) is 12.1 Å². The highest BCUT2D eigenvalue weighted by Gasteiger charge is 2.16. The molecule has 1 atom stereocenters. The summed E-state index contributed by atoms with van der Waals surface area (Å²) in [7, 11) is -0.309. The van der Waals surface area contributed by atoms with Gasteiger partial charge >= 0.3 is 0 Å². The van der Waals surface area contributed by atoms with Crippen LogP contribution in [0.5, 0.6) is 0 Å². The fourth-order valence-electron chi connectivity index (χ4n) is 1.15. The van der Waals surface area contributed by atoms with Crippen LogP contribution in [0.2, 0.25) is 0 Å². The molecule has 0 aliphatic carbocycles. The SMILES string of the molecule is C[C@@H](N)c1ccc(S(=O)(=O)N(C)C)cc1. The van der Waals surface area contributed by atoms with Crippen LogP contribution < -0.4 is 5.73 Å². The van der Waals surface area contributed by atoms with Gasteiger partial charge in [-0.05, 0) is 24.6 Å². The van der Waals surface area contributed by atoms with Gasteiger partial charge in [0, 0.05) is 20.1 Å². The molecule has 0 spiro atoms. The van der Waals surface area contributed by atoms with Crippen LogP contribution in [0, 0.1) is 0 Å². The Morgan fingerprint density at radius 2 is 1.67 bits per heavy atom. The highest BCUT2D eigenvalue weighted by atomic mass is 32.2. The van der Waals surface area contributed by atoms with Crippen LogP contribution in [-0.4, -0.2) is 26.8 Å². The van der Waals surface area contributed by atoms with E-state index in [1.54, 1.807) is 24.3 Å². The van der Waals surface area contributed by atoms with Gasteiger partial charge in [-0.15, -0.1) is 0 Å². The fraction of sp³-hybridized carbons (Fsp3) is 0.400. The van der Waals surface area contributed by atoms with Crippen molar-refractivity contribution in [2.24, 2.45) is 5.73 Å². The van der Waals surface area contributed by atoms with E-state index in [0.29, 0.717) is 0 Å². The van der Waals surface area contributed by atoms with Gasteiger partial charge in [-0.25, -0.2) is 12.7 Å². The lowest BCUT2D eigenvalue weighted by atomic mass is 10.1. The monoisotopic (exact) mass is 228 g/mol. The third-order valence-corrected chi connectivity index (χ3v) is 4.01. The van der Waals surface area contributed by atoms with Crippen molar-refractivity contribution in [2.45, 2.75) is 17.9 Å². The van der Waals surface area contributed by atoms with Gasteiger partial charge in [-0.3, -0.25) is 0 Å². The first kappa shape index (κ1) is 12.2. The van der Waals surface area contributed by atoms with Crippen LogP contribution in [0.15, 0.2) is 29.2 Å². The first-order valence-corrected chi connectivity index (χ1v) is 6.08. The molecule has 0 aliphatic heterocycles. The Balaban J connectivity index is 3.10.